The third-order valence-electron chi connectivity index (χ3n) is 4.38. The van der Waals surface area contributed by atoms with Crippen molar-refractivity contribution in [1.29, 1.82) is 5.26 Å². The third kappa shape index (κ3) is 2.25. The molecule has 1 atom stereocenters. The maximum Gasteiger partial charge on any atom is 0.332 e. The van der Waals surface area contributed by atoms with E-state index in [1.54, 1.807) is 17.9 Å². The van der Waals surface area contributed by atoms with Crippen molar-refractivity contribution in [3.8, 4) is 6.07 Å². The molecule has 0 saturated carbocycles. The molecule has 0 bridgehead atoms. The largest absolute Gasteiger partial charge is 0.349 e. The van der Waals surface area contributed by atoms with Crippen LogP contribution in [0, 0.1) is 11.3 Å². The van der Waals surface area contributed by atoms with Gasteiger partial charge in [-0.3, -0.25) is 18.6 Å². The molecule has 3 rings (SSSR count). The Morgan fingerprint density at radius 3 is 2.61 bits per heavy atom. The van der Waals surface area contributed by atoms with Crippen LogP contribution in [-0.4, -0.2) is 25.5 Å². The van der Waals surface area contributed by atoms with Gasteiger partial charge in [0.15, 0.2) is 5.56 Å². The van der Waals surface area contributed by atoms with Gasteiger partial charge < -0.3 is 4.90 Å². The Morgan fingerprint density at radius 1 is 1.26 bits per heavy atom. The summed E-state index contributed by atoms with van der Waals surface area (Å²) in [5.74, 6) is 0.395. The smallest absolute Gasteiger partial charge is 0.332 e. The van der Waals surface area contributed by atoms with Crippen LogP contribution in [0.2, 0.25) is 0 Å². The molecule has 8 nitrogen and oxygen atoms in total. The van der Waals surface area contributed by atoms with Gasteiger partial charge >= 0.3 is 5.69 Å². The van der Waals surface area contributed by atoms with Crippen LogP contribution in [0.15, 0.2) is 22.0 Å². The van der Waals surface area contributed by atoms with E-state index in [0.717, 1.165) is 23.0 Å². The Hall–Kier alpha value is -2.82. The van der Waals surface area contributed by atoms with E-state index in [2.05, 4.69) is 5.10 Å². The van der Waals surface area contributed by atoms with Crippen molar-refractivity contribution in [2.24, 2.45) is 21.1 Å². The van der Waals surface area contributed by atoms with E-state index in [0.29, 0.717) is 12.4 Å². The molecule has 0 aromatic carbocycles. The molecule has 0 N–H and O–H groups in total. The first-order chi connectivity index (χ1) is 11.0. The van der Waals surface area contributed by atoms with Crippen molar-refractivity contribution >= 4 is 5.82 Å². The van der Waals surface area contributed by atoms with Crippen LogP contribution < -0.4 is 16.1 Å². The average Bonchev–Trinajstić information content (AvgIpc) is 3.17. The van der Waals surface area contributed by atoms with Crippen molar-refractivity contribution < 1.29 is 0 Å². The zero-order valence-electron chi connectivity index (χ0n) is 13.4. The van der Waals surface area contributed by atoms with Gasteiger partial charge in [0.1, 0.15) is 11.9 Å². The van der Waals surface area contributed by atoms with Crippen LogP contribution in [-0.2, 0) is 21.1 Å². The molecule has 0 radical (unpaired) electrons. The number of hydrogen-bond acceptors (Lipinski definition) is 5. The van der Waals surface area contributed by atoms with Crippen LogP contribution in [0.1, 0.15) is 30.0 Å². The lowest BCUT2D eigenvalue weighted by atomic mass is 10.1. The highest BCUT2D eigenvalue weighted by molar-refractivity contribution is 5.55. The van der Waals surface area contributed by atoms with Crippen molar-refractivity contribution in [3.05, 3.63) is 44.4 Å². The van der Waals surface area contributed by atoms with Crippen molar-refractivity contribution in [2.45, 2.75) is 18.9 Å². The van der Waals surface area contributed by atoms with E-state index in [1.807, 2.05) is 24.2 Å². The summed E-state index contributed by atoms with van der Waals surface area (Å²) in [5.41, 5.74) is 0.0377. The number of nitriles is 1. The topological polar surface area (TPSA) is 88.9 Å². The van der Waals surface area contributed by atoms with Gasteiger partial charge in [0.25, 0.3) is 5.56 Å². The summed E-state index contributed by atoms with van der Waals surface area (Å²) in [5, 5.41) is 13.6. The molecule has 0 aliphatic carbocycles. The van der Waals surface area contributed by atoms with E-state index in [-0.39, 0.29) is 11.6 Å². The maximum atomic E-state index is 12.3. The molecular weight excluding hydrogens is 296 g/mol. The van der Waals surface area contributed by atoms with Crippen LogP contribution >= 0.6 is 0 Å². The lowest BCUT2D eigenvalue weighted by Gasteiger charge is -2.28. The number of aromatic nitrogens is 4. The second-order valence-electron chi connectivity index (χ2n) is 5.81. The molecule has 3 heterocycles. The molecule has 1 aliphatic rings. The molecule has 8 heteroatoms. The second-order valence-corrected chi connectivity index (χ2v) is 5.81. The van der Waals surface area contributed by atoms with Crippen molar-refractivity contribution in [2.75, 3.05) is 11.4 Å². The summed E-state index contributed by atoms with van der Waals surface area (Å²) in [6, 6.07) is 1.98. The summed E-state index contributed by atoms with van der Waals surface area (Å²) < 4.78 is 4.08. The van der Waals surface area contributed by atoms with Gasteiger partial charge in [0.05, 0.1) is 12.2 Å². The molecule has 0 unspecified atom stereocenters. The predicted molar refractivity (Wildman–Crippen MR) is 84.2 cm³/mol. The van der Waals surface area contributed by atoms with Crippen LogP contribution in [0.4, 0.5) is 5.82 Å². The normalized spacial score (nSPS) is 17.5. The van der Waals surface area contributed by atoms with Gasteiger partial charge in [-0.25, -0.2) is 4.79 Å². The third-order valence-corrected chi connectivity index (χ3v) is 4.38. The summed E-state index contributed by atoms with van der Waals surface area (Å²) in [6.07, 6.45) is 5.52. The van der Waals surface area contributed by atoms with Gasteiger partial charge in [-0.05, 0) is 12.8 Å². The summed E-state index contributed by atoms with van der Waals surface area (Å²) in [7, 11) is 4.83. The van der Waals surface area contributed by atoms with E-state index in [9.17, 15) is 14.9 Å². The minimum Gasteiger partial charge on any atom is -0.349 e. The molecule has 0 spiro atoms. The average molecular weight is 314 g/mol. The number of anilines is 1. The fraction of sp³-hybridized carbons (Fsp3) is 0.467. The number of rotatable bonds is 2. The highest BCUT2D eigenvalue weighted by Crippen LogP contribution is 2.35. The lowest BCUT2D eigenvalue weighted by molar-refractivity contribution is 0.637. The molecule has 1 saturated heterocycles. The number of hydrogen-bond donors (Lipinski definition) is 0. The first kappa shape index (κ1) is 15.1. The van der Waals surface area contributed by atoms with E-state index >= 15 is 0 Å². The Kier molecular flexibility index (Phi) is 3.56. The SMILES string of the molecule is Cn1cc([C@@H]2CCCN2c2c(C#N)c(=O)n(C)c(=O)n2C)cn1. The summed E-state index contributed by atoms with van der Waals surface area (Å²) in [6.45, 7) is 0.689. The summed E-state index contributed by atoms with van der Waals surface area (Å²) >= 11 is 0. The Labute approximate surface area is 132 Å². The maximum absolute atomic E-state index is 12.3. The second kappa shape index (κ2) is 5.43. The minimum absolute atomic E-state index is 0.00499. The fourth-order valence-corrected chi connectivity index (χ4v) is 3.25. The summed E-state index contributed by atoms with van der Waals surface area (Å²) in [4.78, 5) is 26.5. The molecule has 2 aromatic heterocycles. The highest BCUT2D eigenvalue weighted by atomic mass is 16.2. The number of aryl methyl sites for hydroxylation is 1. The number of nitrogens with zero attached hydrogens (tertiary/aromatic N) is 6. The van der Waals surface area contributed by atoms with E-state index < -0.39 is 11.2 Å². The standard InChI is InChI=1S/C15H18N6O2/c1-18-9-10(8-17-18)12-5-4-6-21(12)13-11(7-16)14(22)20(3)15(23)19(13)2/h8-9,12H,4-6H2,1-3H3/t12-/m0/s1. The monoisotopic (exact) mass is 314 g/mol. The van der Waals surface area contributed by atoms with E-state index in [1.165, 1.54) is 11.6 Å². The quantitative estimate of drug-likeness (QED) is 0.780. The minimum atomic E-state index is -0.553. The molecular formula is C15H18N6O2. The Balaban J connectivity index is 2.20. The van der Waals surface area contributed by atoms with Gasteiger partial charge in [-0.15, -0.1) is 0 Å². The molecule has 0 amide bonds. The van der Waals surface area contributed by atoms with Gasteiger partial charge in [-0.2, -0.15) is 10.4 Å². The molecule has 2 aromatic rings. The van der Waals surface area contributed by atoms with Gasteiger partial charge in [-0.1, -0.05) is 0 Å². The molecule has 1 aliphatic heterocycles. The first-order valence-electron chi connectivity index (χ1n) is 7.41. The van der Waals surface area contributed by atoms with Crippen molar-refractivity contribution in [1.82, 2.24) is 18.9 Å². The Morgan fingerprint density at radius 2 is 2.00 bits per heavy atom. The van der Waals surface area contributed by atoms with Crippen LogP contribution in [0.3, 0.4) is 0 Å². The highest BCUT2D eigenvalue weighted by Gasteiger charge is 2.32. The molecule has 23 heavy (non-hydrogen) atoms. The van der Waals surface area contributed by atoms with Crippen molar-refractivity contribution in [3.63, 3.8) is 0 Å². The van der Waals surface area contributed by atoms with Crippen LogP contribution in [0.5, 0.6) is 0 Å². The zero-order chi connectivity index (χ0) is 16.7. The molecule has 1 fully saturated rings. The predicted octanol–water partition coefficient (Wildman–Crippen LogP) is 0.0307. The first-order valence-corrected chi connectivity index (χ1v) is 7.41. The lowest BCUT2D eigenvalue weighted by Crippen LogP contribution is -2.42. The zero-order valence-corrected chi connectivity index (χ0v) is 13.4. The van der Waals surface area contributed by atoms with Gasteiger partial charge in [0.2, 0.25) is 0 Å². The molecule has 120 valence electrons. The van der Waals surface area contributed by atoms with Gasteiger partial charge in [0, 0.05) is 39.4 Å². The Bertz CT molecular complexity index is 914. The fourth-order valence-electron chi connectivity index (χ4n) is 3.25. The van der Waals surface area contributed by atoms with Crippen LogP contribution in [0.25, 0.3) is 0 Å². The van der Waals surface area contributed by atoms with E-state index in [4.69, 9.17) is 0 Å².